The van der Waals surface area contributed by atoms with Crippen molar-refractivity contribution in [2.75, 3.05) is 11.1 Å². The zero-order chi connectivity index (χ0) is 17.3. The number of aliphatic hydroxyl groups is 1. The minimum atomic E-state index is -1.35. The number of halogens is 2. The standard InChI is InChI=1S/C15H13ClFN5OS/c1-15(23,13-19-4-5-24-13)8-2-3-10(17)11(6-8)21-12-9(16)7-20-14(18)22-12/h2-7,23H,1H3,(H3,18,20,21,22). The number of thiazole rings is 1. The molecule has 0 amide bonds. The zero-order valence-corrected chi connectivity index (χ0v) is 14.1. The van der Waals surface area contributed by atoms with Crippen LogP contribution < -0.4 is 11.1 Å². The third kappa shape index (κ3) is 3.16. The molecule has 4 N–H and O–H groups in total. The molecule has 0 aliphatic carbocycles. The van der Waals surface area contributed by atoms with E-state index in [-0.39, 0.29) is 22.5 Å². The van der Waals surface area contributed by atoms with Crippen molar-refractivity contribution in [1.29, 1.82) is 0 Å². The van der Waals surface area contributed by atoms with Crippen molar-refractivity contribution in [2.45, 2.75) is 12.5 Å². The van der Waals surface area contributed by atoms with Crippen molar-refractivity contribution in [2.24, 2.45) is 0 Å². The van der Waals surface area contributed by atoms with Crippen LogP contribution in [0.3, 0.4) is 0 Å². The quantitative estimate of drug-likeness (QED) is 0.656. The van der Waals surface area contributed by atoms with Crippen LogP contribution >= 0.6 is 22.9 Å². The summed E-state index contributed by atoms with van der Waals surface area (Å²) in [6.07, 6.45) is 2.92. The Bertz CT molecular complexity index is 872. The number of nitrogen functional groups attached to an aromatic ring is 1. The molecule has 6 nitrogen and oxygen atoms in total. The van der Waals surface area contributed by atoms with E-state index in [0.29, 0.717) is 10.6 Å². The monoisotopic (exact) mass is 365 g/mol. The molecular formula is C15H13ClFN5OS. The number of aromatic nitrogens is 3. The van der Waals surface area contributed by atoms with E-state index in [2.05, 4.69) is 20.3 Å². The molecule has 2 aromatic heterocycles. The molecule has 0 aliphatic heterocycles. The van der Waals surface area contributed by atoms with Crippen molar-refractivity contribution in [3.63, 3.8) is 0 Å². The first-order valence-electron chi connectivity index (χ1n) is 6.85. The highest BCUT2D eigenvalue weighted by Crippen LogP contribution is 2.34. The number of nitrogens with two attached hydrogens (primary N) is 1. The second kappa shape index (κ2) is 6.31. The molecule has 1 atom stereocenters. The average Bonchev–Trinajstić information content (AvgIpc) is 3.08. The highest BCUT2D eigenvalue weighted by Gasteiger charge is 2.29. The molecule has 0 fully saturated rings. The predicted molar refractivity (Wildman–Crippen MR) is 91.9 cm³/mol. The lowest BCUT2D eigenvalue weighted by Crippen LogP contribution is -2.22. The Morgan fingerprint density at radius 2 is 2.17 bits per heavy atom. The fraction of sp³-hybridized carbons (Fsp3) is 0.133. The molecule has 1 aromatic carbocycles. The second-order valence-electron chi connectivity index (χ2n) is 5.15. The summed E-state index contributed by atoms with van der Waals surface area (Å²) in [5, 5.41) is 16.0. The van der Waals surface area contributed by atoms with E-state index in [1.54, 1.807) is 18.5 Å². The lowest BCUT2D eigenvalue weighted by molar-refractivity contribution is 0.102. The van der Waals surface area contributed by atoms with Crippen LogP contribution in [0.2, 0.25) is 5.02 Å². The van der Waals surface area contributed by atoms with Gasteiger partial charge in [0.2, 0.25) is 5.95 Å². The largest absolute Gasteiger partial charge is 0.378 e. The van der Waals surface area contributed by atoms with Gasteiger partial charge in [0, 0.05) is 11.6 Å². The Hall–Kier alpha value is -2.29. The fourth-order valence-electron chi connectivity index (χ4n) is 2.11. The van der Waals surface area contributed by atoms with Crippen molar-refractivity contribution < 1.29 is 9.50 Å². The average molecular weight is 366 g/mol. The van der Waals surface area contributed by atoms with E-state index >= 15 is 0 Å². The molecule has 0 spiro atoms. The molecule has 1 unspecified atom stereocenters. The Morgan fingerprint density at radius 1 is 1.38 bits per heavy atom. The summed E-state index contributed by atoms with van der Waals surface area (Å²) in [6.45, 7) is 1.60. The molecule has 3 rings (SSSR count). The minimum absolute atomic E-state index is 0.00763. The molecule has 124 valence electrons. The molecule has 9 heteroatoms. The highest BCUT2D eigenvalue weighted by atomic mass is 35.5. The molecule has 2 heterocycles. The van der Waals surface area contributed by atoms with Crippen molar-refractivity contribution in [1.82, 2.24) is 15.0 Å². The van der Waals surface area contributed by atoms with E-state index in [0.717, 1.165) is 0 Å². The van der Waals surface area contributed by atoms with Gasteiger partial charge in [-0.15, -0.1) is 11.3 Å². The first kappa shape index (κ1) is 16.6. The van der Waals surface area contributed by atoms with E-state index < -0.39 is 11.4 Å². The molecule has 0 aliphatic rings. The highest BCUT2D eigenvalue weighted by molar-refractivity contribution is 7.09. The van der Waals surface area contributed by atoms with Gasteiger partial charge in [0.1, 0.15) is 21.4 Å². The van der Waals surface area contributed by atoms with Crippen molar-refractivity contribution in [3.8, 4) is 0 Å². The van der Waals surface area contributed by atoms with Crippen LogP contribution in [-0.4, -0.2) is 20.1 Å². The SMILES string of the molecule is CC(O)(c1ccc(F)c(Nc2nc(N)ncc2Cl)c1)c1nccs1. The van der Waals surface area contributed by atoms with Crippen LogP contribution in [-0.2, 0) is 5.60 Å². The van der Waals surface area contributed by atoms with Gasteiger partial charge in [0.25, 0.3) is 0 Å². The summed E-state index contributed by atoms with van der Waals surface area (Å²) in [5.41, 5.74) is 4.74. The topological polar surface area (TPSA) is 97.0 Å². The smallest absolute Gasteiger partial charge is 0.222 e. The van der Waals surface area contributed by atoms with Crippen LogP contribution in [0.15, 0.2) is 36.0 Å². The summed E-state index contributed by atoms with van der Waals surface area (Å²) in [4.78, 5) is 11.8. The Balaban J connectivity index is 1.99. The minimum Gasteiger partial charge on any atom is -0.378 e. The van der Waals surface area contributed by atoms with E-state index in [9.17, 15) is 9.50 Å². The van der Waals surface area contributed by atoms with Gasteiger partial charge in [0.15, 0.2) is 5.82 Å². The molecule has 0 radical (unpaired) electrons. The number of hydrogen-bond acceptors (Lipinski definition) is 7. The van der Waals surface area contributed by atoms with Gasteiger partial charge in [0.05, 0.1) is 11.9 Å². The van der Waals surface area contributed by atoms with Gasteiger partial charge in [-0.1, -0.05) is 17.7 Å². The van der Waals surface area contributed by atoms with E-state index in [1.165, 1.54) is 35.7 Å². The summed E-state index contributed by atoms with van der Waals surface area (Å²) in [6, 6.07) is 4.22. The normalized spacial score (nSPS) is 13.5. The van der Waals surface area contributed by atoms with Crippen LogP contribution in [0, 0.1) is 5.82 Å². The maximum absolute atomic E-state index is 14.1. The van der Waals surface area contributed by atoms with Gasteiger partial charge in [-0.25, -0.2) is 14.4 Å². The molecule has 0 saturated carbocycles. The molecule has 24 heavy (non-hydrogen) atoms. The van der Waals surface area contributed by atoms with Gasteiger partial charge >= 0.3 is 0 Å². The van der Waals surface area contributed by atoms with Gasteiger partial charge < -0.3 is 16.2 Å². The third-order valence-corrected chi connectivity index (χ3v) is 4.65. The van der Waals surface area contributed by atoms with Crippen LogP contribution in [0.4, 0.5) is 21.8 Å². The first-order chi connectivity index (χ1) is 11.4. The number of nitrogens with one attached hydrogen (secondary N) is 1. The van der Waals surface area contributed by atoms with Crippen LogP contribution in [0.1, 0.15) is 17.5 Å². The molecule has 0 bridgehead atoms. The van der Waals surface area contributed by atoms with Crippen LogP contribution in [0.5, 0.6) is 0 Å². The van der Waals surface area contributed by atoms with Gasteiger partial charge in [-0.3, -0.25) is 0 Å². The summed E-state index contributed by atoms with van der Waals surface area (Å²) >= 11 is 7.30. The molecular weight excluding hydrogens is 353 g/mol. The Labute approximate surface area is 146 Å². The number of hydrogen-bond donors (Lipinski definition) is 3. The lowest BCUT2D eigenvalue weighted by Gasteiger charge is -2.22. The van der Waals surface area contributed by atoms with E-state index in [4.69, 9.17) is 17.3 Å². The van der Waals surface area contributed by atoms with Crippen LogP contribution in [0.25, 0.3) is 0 Å². The summed E-state index contributed by atoms with van der Waals surface area (Å²) in [5.74, 6) is -0.343. The second-order valence-corrected chi connectivity index (χ2v) is 6.46. The number of rotatable bonds is 4. The number of nitrogens with zero attached hydrogens (tertiary/aromatic N) is 3. The lowest BCUT2D eigenvalue weighted by atomic mass is 9.96. The summed E-state index contributed by atoms with van der Waals surface area (Å²) in [7, 11) is 0. The summed E-state index contributed by atoms with van der Waals surface area (Å²) < 4.78 is 14.1. The number of benzene rings is 1. The van der Waals surface area contributed by atoms with E-state index in [1.807, 2.05) is 0 Å². The Kier molecular flexibility index (Phi) is 4.35. The van der Waals surface area contributed by atoms with Gasteiger partial charge in [-0.05, 0) is 24.6 Å². The van der Waals surface area contributed by atoms with Crippen molar-refractivity contribution in [3.05, 3.63) is 57.4 Å². The predicted octanol–water partition coefficient (Wildman–Crippen LogP) is 3.31. The van der Waals surface area contributed by atoms with Crippen molar-refractivity contribution >= 4 is 40.4 Å². The molecule has 0 saturated heterocycles. The maximum atomic E-state index is 14.1. The molecule has 3 aromatic rings. The first-order valence-corrected chi connectivity index (χ1v) is 8.11. The zero-order valence-electron chi connectivity index (χ0n) is 12.5. The van der Waals surface area contributed by atoms with Gasteiger partial charge in [-0.2, -0.15) is 4.98 Å². The maximum Gasteiger partial charge on any atom is 0.222 e. The Morgan fingerprint density at radius 3 is 2.88 bits per heavy atom. The fourth-order valence-corrected chi connectivity index (χ4v) is 2.97. The third-order valence-electron chi connectivity index (χ3n) is 3.39. The number of anilines is 3.